The SMILES string of the molecule is N#CCNC(=O)C1CCCCC1CS(=O)(=O)c1ccc(SCc2ccco2)cc1. The van der Waals surface area contributed by atoms with E-state index in [4.69, 9.17) is 9.68 Å². The molecule has 6 nitrogen and oxygen atoms in total. The first kappa shape index (κ1) is 21.5. The van der Waals surface area contributed by atoms with Gasteiger partial charge in [-0.3, -0.25) is 4.79 Å². The Kier molecular flexibility index (Phi) is 7.40. The molecule has 1 N–H and O–H groups in total. The number of benzene rings is 1. The summed E-state index contributed by atoms with van der Waals surface area (Å²) in [5.41, 5.74) is 0. The van der Waals surface area contributed by atoms with Gasteiger partial charge in [0.05, 0.1) is 28.7 Å². The molecule has 0 spiro atoms. The van der Waals surface area contributed by atoms with E-state index in [9.17, 15) is 13.2 Å². The lowest BCUT2D eigenvalue weighted by molar-refractivity contribution is -0.127. The maximum atomic E-state index is 12.9. The van der Waals surface area contributed by atoms with Gasteiger partial charge in [0.15, 0.2) is 9.84 Å². The second-order valence-electron chi connectivity index (χ2n) is 7.15. The van der Waals surface area contributed by atoms with Crippen molar-refractivity contribution in [3.05, 3.63) is 48.4 Å². The molecule has 2 atom stereocenters. The summed E-state index contributed by atoms with van der Waals surface area (Å²) in [5, 5.41) is 11.2. The Labute approximate surface area is 175 Å². The lowest BCUT2D eigenvalue weighted by Gasteiger charge is -2.30. The van der Waals surface area contributed by atoms with Crippen LogP contribution in [0.25, 0.3) is 0 Å². The number of carbonyl (C=O) groups is 1. The van der Waals surface area contributed by atoms with Crippen molar-refractivity contribution in [1.82, 2.24) is 5.32 Å². The minimum absolute atomic E-state index is 0.0451. The van der Waals surface area contributed by atoms with Crippen molar-refractivity contribution in [3.63, 3.8) is 0 Å². The summed E-state index contributed by atoms with van der Waals surface area (Å²) < 4.78 is 31.2. The standard InChI is InChI=1S/C21H24N2O4S2/c22-11-12-23-21(24)20-6-2-1-4-16(20)15-29(25,26)19-9-7-18(8-10-19)28-14-17-5-3-13-27-17/h3,5,7-10,13,16,20H,1-2,4,6,12,14-15H2,(H,23,24). The average Bonchev–Trinajstić information content (AvgIpc) is 3.24. The fourth-order valence-corrected chi connectivity index (χ4v) is 6.19. The maximum absolute atomic E-state index is 12.9. The van der Waals surface area contributed by atoms with Crippen molar-refractivity contribution < 1.29 is 17.6 Å². The van der Waals surface area contributed by atoms with Crippen LogP contribution >= 0.6 is 11.8 Å². The molecule has 1 saturated carbocycles. The Morgan fingerprint density at radius 2 is 1.97 bits per heavy atom. The number of nitriles is 1. The minimum atomic E-state index is -3.49. The molecule has 1 aromatic carbocycles. The molecule has 3 rings (SSSR count). The van der Waals surface area contributed by atoms with Gasteiger partial charge in [0.2, 0.25) is 5.91 Å². The Bertz CT molecular complexity index is 948. The largest absolute Gasteiger partial charge is 0.468 e. The van der Waals surface area contributed by atoms with Gasteiger partial charge in [0.25, 0.3) is 0 Å². The molecule has 0 saturated heterocycles. The fourth-order valence-electron chi connectivity index (χ4n) is 3.68. The zero-order chi connectivity index (χ0) is 20.7. The highest BCUT2D eigenvalue weighted by atomic mass is 32.2. The summed E-state index contributed by atoms with van der Waals surface area (Å²) in [6.07, 6.45) is 4.83. The molecular weight excluding hydrogens is 408 g/mol. The van der Waals surface area contributed by atoms with E-state index >= 15 is 0 Å². The van der Waals surface area contributed by atoms with E-state index in [1.807, 2.05) is 18.2 Å². The molecule has 2 aromatic rings. The predicted molar refractivity (Wildman–Crippen MR) is 111 cm³/mol. The van der Waals surface area contributed by atoms with Crippen molar-refractivity contribution >= 4 is 27.5 Å². The normalized spacial score (nSPS) is 19.4. The number of amides is 1. The van der Waals surface area contributed by atoms with Crippen molar-refractivity contribution in [2.75, 3.05) is 12.3 Å². The molecule has 1 amide bonds. The topological polar surface area (TPSA) is 100 Å². The summed E-state index contributed by atoms with van der Waals surface area (Å²) in [4.78, 5) is 13.6. The predicted octanol–water partition coefficient (Wildman–Crippen LogP) is 3.79. The van der Waals surface area contributed by atoms with Gasteiger partial charge in [-0.1, -0.05) is 12.8 Å². The van der Waals surface area contributed by atoms with Gasteiger partial charge in [-0.15, -0.1) is 11.8 Å². The van der Waals surface area contributed by atoms with E-state index in [0.29, 0.717) is 18.6 Å². The van der Waals surface area contributed by atoms with Crippen LogP contribution < -0.4 is 5.32 Å². The van der Waals surface area contributed by atoms with Crippen LogP contribution in [0.15, 0.2) is 56.9 Å². The van der Waals surface area contributed by atoms with Crippen LogP contribution in [0.5, 0.6) is 0 Å². The smallest absolute Gasteiger partial charge is 0.224 e. The number of nitrogens with zero attached hydrogens (tertiary/aromatic N) is 1. The number of carbonyl (C=O) groups excluding carboxylic acids is 1. The zero-order valence-electron chi connectivity index (χ0n) is 16.0. The molecule has 0 bridgehead atoms. The van der Waals surface area contributed by atoms with Gasteiger partial charge < -0.3 is 9.73 Å². The quantitative estimate of drug-likeness (QED) is 0.503. The molecule has 1 aliphatic carbocycles. The molecule has 0 radical (unpaired) electrons. The molecule has 1 aliphatic rings. The first-order valence-corrected chi connectivity index (χ1v) is 12.3. The first-order chi connectivity index (χ1) is 14.0. The van der Waals surface area contributed by atoms with Gasteiger partial charge in [0, 0.05) is 10.8 Å². The Morgan fingerprint density at radius 1 is 1.21 bits per heavy atom. The first-order valence-electron chi connectivity index (χ1n) is 9.62. The monoisotopic (exact) mass is 432 g/mol. The van der Waals surface area contributed by atoms with Crippen molar-refractivity contribution in [2.24, 2.45) is 11.8 Å². The number of thioether (sulfide) groups is 1. The van der Waals surface area contributed by atoms with Gasteiger partial charge in [0.1, 0.15) is 12.3 Å². The number of sulfone groups is 1. The molecule has 8 heteroatoms. The van der Waals surface area contributed by atoms with Crippen LogP contribution in [0.4, 0.5) is 0 Å². The third kappa shape index (κ3) is 5.87. The van der Waals surface area contributed by atoms with Crippen LogP contribution in [-0.2, 0) is 20.4 Å². The summed E-state index contributed by atoms with van der Waals surface area (Å²) in [6.45, 7) is -0.0497. The van der Waals surface area contributed by atoms with Crippen LogP contribution in [0.1, 0.15) is 31.4 Å². The van der Waals surface area contributed by atoms with Gasteiger partial charge in [-0.25, -0.2) is 8.42 Å². The lowest BCUT2D eigenvalue weighted by Crippen LogP contribution is -2.39. The molecule has 29 heavy (non-hydrogen) atoms. The number of furan rings is 1. The molecule has 154 valence electrons. The number of nitrogens with one attached hydrogen (secondary N) is 1. The number of hydrogen-bond acceptors (Lipinski definition) is 6. The van der Waals surface area contributed by atoms with Gasteiger partial charge in [-0.2, -0.15) is 5.26 Å². The molecule has 1 aromatic heterocycles. The molecule has 2 unspecified atom stereocenters. The van der Waals surface area contributed by atoms with E-state index in [1.165, 1.54) is 0 Å². The third-order valence-electron chi connectivity index (χ3n) is 5.17. The van der Waals surface area contributed by atoms with Crippen LogP contribution in [0.2, 0.25) is 0 Å². The van der Waals surface area contributed by atoms with Crippen molar-refractivity contribution in [2.45, 2.75) is 41.2 Å². The average molecular weight is 433 g/mol. The van der Waals surface area contributed by atoms with E-state index in [2.05, 4.69) is 5.32 Å². The highest BCUT2D eigenvalue weighted by Crippen LogP contribution is 2.33. The summed E-state index contributed by atoms with van der Waals surface area (Å²) in [6, 6.07) is 12.5. The number of hydrogen-bond donors (Lipinski definition) is 1. The number of rotatable bonds is 8. The fraction of sp³-hybridized carbons (Fsp3) is 0.429. The molecule has 1 fully saturated rings. The zero-order valence-corrected chi connectivity index (χ0v) is 17.7. The second-order valence-corrected chi connectivity index (χ2v) is 10.2. The summed E-state index contributed by atoms with van der Waals surface area (Å²) in [5.74, 6) is 0.716. The van der Waals surface area contributed by atoms with Gasteiger partial charge >= 0.3 is 0 Å². The summed E-state index contributed by atoms with van der Waals surface area (Å²) >= 11 is 1.58. The maximum Gasteiger partial charge on any atom is 0.224 e. The van der Waals surface area contributed by atoms with Crippen LogP contribution in [-0.4, -0.2) is 26.6 Å². The third-order valence-corrected chi connectivity index (χ3v) is 8.06. The Morgan fingerprint density at radius 3 is 2.66 bits per heavy atom. The van der Waals surface area contributed by atoms with E-state index in [1.54, 1.807) is 42.3 Å². The van der Waals surface area contributed by atoms with Gasteiger partial charge in [-0.05, 0) is 55.2 Å². The van der Waals surface area contributed by atoms with E-state index < -0.39 is 9.84 Å². The lowest BCUT2D eigenvalue weighted by atomic mass is 9.80. The van der Waals surface area contributed by atoms with E-state index in [-0.39, 0.29) is 34.9 Å². The molecule has 0 aliphatic heterocycles. The highest BCUT2D eigenvalue weighted by Gasteiger charge is 2.34. The van der Waals surface area contributed by atoms with Crippen molar-refractivity contribution in [1.29, 1.82) is 5.26 Å². The Balaban J connectivity index is 1.64. The van der Waals surface area contributed by atoms with Crippen molar-refractivity contribution in [3.8, 4) is 6.07 Å². The minimum Gasteiger partial charge on any atom is -0.468 e. The highest BCUT2D eigenvalue weighted by molar-refractivity contribution is 7.98. The summed E-state index contributed by atoms with van der Waals surface area (Å²) in [7, 11) is -3.49. The second kappa shape index (κ2) is 9.99. The Hall–Kier alpha value is -2.24. The van der Waals surface area contributed by atoms with E-state index in [0.717, 1.165) is 23.5 Å². The molecular formula is C21H24N2O4S2. The molecule has 1 heterocycles. The van der Waals surface area contributed by atoms with Crippen LogP contribution in [0.3, 0.4) is 0 Å². The van der Waals surface area contributed by atoms with Crippen LogP contribution in [0, 0.1) is 23.2 Å².